The first-order valence-corrected chi connectivity index (χ1v) is 9.08. The number of aliphatic hydroxyl groups excluding tert-OH is 1. The van der Waals surface area contributed by atoms with E-state index in [1.54, 1.807) is 12.1 Å². The molecule has 124 valence electrons. The van der Waals surface area contributed by atoms with Gasteiger partial charge in [0.05, 0.1) is 27.1 Å². The number of nitrogens with one attached hydrogen (secondary N) is 2. The molecule has 0 radical (unpaired) electrons. The molecule has 0 aliphatic carbocycles. The lowest BCUT2D eigenvalue weighted by Crippen LogP contribution is -2.21. The van der Waals surface area contributed by atoms with Crippen LogP contribution in [0.15, 0.2) is 23.1 Å². The number of nitrogens with zero attached hydrogens (tertiary/aromatic N) is 1. The van der Waals surface area contributed by atoms with E-state index in [0.29, 0.717) is 15.0 Å². The van der Waals surface area contributed by atoms with Crippen molar-refractivity contribution in [3.05, 3.63) is 28.9 Å². The van der Waals surface area contributed by atoms with E-state index >= 15 is 0 Å². The highest BCUT2D eigenvalue weighted by atomic mass is 35.5. The largest absolute Gasteiger partial charge is 0.395 e. The Kier molecular flexibility index (Phi) is 6.25. The molecule has 0 aliphatic rings. The molecule has 0 spiro atoms. The fourth-order valence-electron chi connectivity index (χ4n) is 1.87. The predicted molar refractivity (Wildman–Crippen MR) is 93.1 cm³/mol. The molecule has 1 aromatic heterocycles. The van der Waals surface area contributed by atoms with E-state index in [4.69, 9.17) is 16.7 Å². The summed E-state index contributed by atoms with van der Waals surface area (Å²) in [5.74, 6) is -0.184. The standard InChI is InChI=1S/C14H16ClN3O3S2/c1-8-13(22-14(17-8)18-9(2)20)10-3-4-11(15)12(7-10)23(21)16-5-6-19/h3-4,7,16,19H,5-6H2,1-2H3,(H,17,18,20). The van der Waals surface area contributed by atoms with Crippen LogP contribution in [0.25, 0.3) is 10.4 Å². The first kappa shape index (κ1) is 18.0. The second-order valence-electron chi connectivity index (χ2n) is 4.65. The molecule has 6 nitrogen and oxygen atoms in total. The molecule has 3 N–H and O–H groups in total. The second-order valence-corrected chi connectivity index (χ2v) is 7.32. The summed E-state index contributed by atoms with van der Waals surface area (Å²) in [5, 5.41) is 12.4. The monoisotopic (exact) mass is 373 g/mol. The Morgan fingerprint density at radius 1 is 1.48 bits per heavy atom. The Labute approximate surface area is 145 Å². The Morgan fingerprint density at radius 2 is 2.22 bits per heavy atom. The number of anilines is 1. The highest BCUT2D eigenvalue weighted by Gasteiger charge is 2.15. The number of carbonyl (C=O) groups excluding carboxylic acids is 1. The van der Waals surface area contributed by atoms with Gasteiger partial charge in [-0.15, -0.1) is 0 Å². The molecule has 1 aromatic carbocycles. The van der Waals surface area contributed by atoms with Crippen molar-refractivity contribution in [3.8, 4) is 10.4 Å². The van der Waals surface area contributed by atoms with Crippen LogP contribution in [0.5, 0.6) is 0 Å². The van der Waals surface area contributed by atoms with Crippen LogP contribution in [0.2, 0.25) is 5.02 Å². The number of thiazole rings is 1. The molecule has 0 saturated carbocycles. The third-order valence-electron chi connectivity index (χ3n) is 2.82. The third kappa shape index (κ3) is 4.58. The number of aryl methyl sites for hydroxylation is 1. The van der Waals surface area contributed by atoms with Gasteiger partial charge in [0, 0.05) is 13.5 Å². The van der Waals surface area contributed by atoms with Crippen molar-refractivity contribution in [1.29, 1.82) is 0 Å². The van der Waals surface area contributed by atoms with Gasteiger partial charge < -0.3 is 10.4 Å². The highest BCUT2D eigenvalue weighted by Crippen LogP contribution is 2.35. The molecule has 0 bridgehead atoms. The number of amides is 1. The van der Waals surface area contributed by atoms with Crippen molar-refractivity contribution in [2.45, 2.75) is 18.7 Å². The number of carbonyl (C=O) groups is 1. The molecule has 1 unspecified atom stereocenters. The maximum absolute atomic E-state index is 12.2. The Morgan fingerprint density at radius 3 is 2.87 bits per heavy atom. The van der Waals surface area contributed by atoms with Gasteiger partial charge >= 0.3 is 0 Å². The first-order chi connectivity index (χ1) is 10.9. The lowest BCUT2D eigenvalue weighted by molar-refractivity contribution is -0.114. The number of rotatable bonds is 6. The SMILES string of the molecule is CC(=O)Nc1nc(C)c(-c2ccc(Cl)c(S(=O)NCCO)c2)s1. The lowest BCUT2D eigenvalue weighted by atomic mass is 10.2. The van der Waals surface area contributed by atoms with Gasteiger partial charge in [0.15, 0.2) is 5.13 Å². The van der Waals surface area contributed by atoms with Crippen molar-refractivity contribution >= 4 is 45.0 Å². The maximum atomic E-state index is 12.2. The van der Waals surface area contributed by atoms with E-state index in [0.717, 1.165) is 16.1 Å². The molecule has 0 saturated heterocycles. The van der Waals surface area contributed by atoms with Crippen LogP contribution >= 0.6 is 22.9 Å². The van der Waals surface area contributed by atoms with E-state index in [1.165, 1.54) is 18.3 Å². The minimum absolute atomic E-state index is 0.114. The molecule has 23 heavy (non-hydrogen) atoms. The Balaban J connectivity index is 2.35. The van der Waals surface area contributed by atoms with Gasteiger partial charge in [-0.3, -0.25) is 4.79 Å². The van der Waals surface area contributed by atoms with Gasteiger partial charge in [-0.05, 0) is 24.6 Å². The quantitative estimate of drug-likeness (QED) is 0.724. The van der Waals surface area contributed by atoms with Crippen LogP contribution in [0, 0.1) is 6.92 Å². The van der Waals surface area contributed by atoms with Gasteiger partial charge in [0.25, 0.3) is 0 Å². The van der Waals surface area contributed by atoms with E-state index in [2.05, 4.69) is 15.0 Å². The number of aliphatic hydroxyl groups is 1. The summed E-state index contributed by atoms with van der Waals surface area (Å²) in [6.07, 6.45) is 0. The summed E-state index contributed by atoms with van der Waals surface area (Å²) in [6.45, 7) is 3.36. The van der Waals surface area contributed by atoms with Crippen LogP contribution in [0.4, 0.5) is 5.13 Å². The summed E-state index contributed by atoms with van der Waals surface area (Å²) in [7, 11) is -1.52. The van der Waals surface area contributed by atoms with Crippen LogP contribution in [0.1, 0.15) is 12.6 Å². The van der Waals surface area contributed by atoms with E-state index in [1.807, 2.05) is 13.0 Å². The molecule has 1 amide bonds. The summed E-state index contributed by atoms with van der Waals surface area (Å²) in [5.41, 5.74) is 1.58. The smallest absolute Gasteiger partial charge is 0.223 e. The van der Waals surface area contributed by atoms with Gasteiger partial charge in [-0.2, -0.15) is 0 Å². The number of aromatic nitrogens is 1. The number of halogens is 1. The molecule has 0 fully saturated rings. The zero-order chi connectivity index (χ0) is 17.0. The van der Waals surface area contributed by atoms with Crippen molar-refractivity contribution in [2.75, 3.05) is 18.5 Å². The average molecular weight is 374 g/mol. The normalized spacial score (nSPS) is 12.2. The molecule has 1 heterocycles. The topological polar surface area (TPSA) is 91.3 Å². The molecule has 0 aliphatic heterocycles. The zero-order valence-corrected chi connectivity index (χ0v) is 14.9. The molecule has 9 heteroatoms. The third-order valence-corrected chi connectivity index (χ3v) is 5.58. The highest BCUT2D eigenvalue weighted by molar-refractivity contribution is 7.83. The van der Waals surface area contributed by atoms with Crippen LogP contribution < -0.4 is 10.0 Å². The fraction of sp³-hybridized carbons (Fsp3) is 0.286. The van der Waals surface area contributed by atoms with E-state index in [9.17, 15) is 9.00 Å². The first-order valence-electron chi connectivity index (χ1n) is 6.73. The molecular weight excluding hydrogens is 358 g/mol. The van der Waals surface area contributed by atoms with E-state index in [-0.39, 0.29) is 19.1 Å². The number of benzene rings is 1. The van der Waals surface area contributed by atoms with Gasteiger partial charge in [0.1, 0.15) is 11.0 Å². The Hall–Kier alpha value is -1.32. The zero-order valence-electron chi connectivity index (χ0n) is 12.6. The van der Waals surface area contributed by atoms with Gasteiger partial charge in [0.2, 0.25) is 5.91 Å². The van der Waals surface area contributed by atoms with Crippen molar-refractivity contribution < 1.29 is 14.1 Å². The molecule has 2 rings (SSSR count). The van der Waals surface area contributed by atoms with E-state index < -0.39 is 11.0 Å². The predicted octanol–water partition coefficient (Wildman–Crippen LogP) is 2.33. The minimum Gasteiger partial charge on any atom is -0.395 e. The number of hydrogen-bond donors (Lipinski definition) is 3. The Bertz CT molecular complexity index is 749. The summed E-state index contributed by atoms with van der Waals surface area (Å²) >= 11 is 7.45. The van der Waals surface area contributed by atoms with Crippen LogP contribution in [-0.2, 0) is 15.8 Å². The second kappa shape index (κ2) is 7.98. The fourth-order valence-corrected chi connectivity index (χ4v) is 4.12. The summed E-state index contributed by atoms with van der Waals surface area (Å²) < 4.78 is 14.9. The summed E-state index contributed by atoms with van der Waals surface area (Å²) in [4.78, 5) is 16.7. The van der Waals surface area contributed by atoms with Gasteiger partial charge in [-0.1, -0.05) is 29.0 Å². The maximum Gasteiger partial charge on any atom is 0.223 e. The van der Waals surface area contributed by atoms with Crippen LogP contribution in [-0.4, -0.2) is 33.4 Å². The summed E-state index contributed by atoms with van der Waals surface area (Å²) in [6, 6.07) is 5.20. The van der Waals surface area contributed by atoms with Gasteiger partial charge in [-0.25, -0.2) is 13.9 Å². The molecular formula is C14H16ClN3O3S2. The van der Waals surface area contributed by atoms with Crippen molar-refractivity contribution in [2.24, 2.45) is 0 Å². The molecule has 2 aromatic rings. The average Bonchev–Trinajstić information content (AvgIpc) is 2.85. The van der Waals surface area contributed by atoms with Crippen LogP contribution in [0.3, 0.4) is 0 Å². The lowest BCUT2D eigenvalue weighted by Gasteiger charge is -2.07. The van der Waals surface area contributed by atoms with Crippen molar-refractivity contribution in [1.82, 2.24) is 9.71 Å². The number of hydrogen-bond acceptors (Lipinski definition) is 5. The minimum atomic E-state index is -1.52. The van der Waals surface area contributed by atoms with Crippen molar-refractivity contribution in [3.63, 3.8) is 0 Å². The molecule has 1 atom stereocenters.